The Morgan fingerprint density at radius 2 is 1.00 bits per heavy atom. The molecule has 0 amide bonds. The van der Waals surface area contributed by atoms with Crippen molar-refractivity contribution in [1.29, 1.82) is 0 Å². The minimum absolute atomic E-state index is 0. The van der Waals surface area contributed by atoms with Crippen molar-refractivity contribution in [2.24, 2.45) is 0 Å². The second-order valence-electron chi connectivity index (χ2n) is 6.15. The van der Waals surface area contributed by atoms with Crippen LogP contribution in [0.5, 0.6) is 0 Å². The van der Waals surface area contributed by atoms with Crippen LogP contribution in [0.15, 0.2) is 0 Å². The number of hydrogen-bond donors (Lipinski definition) is 2. The molecule has 0 saturated carbocycles. The van der Waals surface area contributed by atoms with Gasteiger partial charge in [0.25, 0.3) is 0 Å². The zero-order valence-electron chi connectivity index (χ0n) is 16.2. The minimum atomic E-state index is -4.78. The van der Waals surface area contributed by atoms with E-state index in [0.29, 0.717) is 12.8 Å². The molecule has 0 aliphatic heterocycles. The molecule has 0 bridgehead atoms. The molecule has 0 heterocycles. The molecule has 0 aromatic rings. The summed E-state index contributed by atoms with van der Waals surface area (Å²) in [5.41, 5.74) is 0. The number of aliphatic hydroxyl groups excluding tert-OH is 1. The molecule has 0 rings (SSSR count). The van der Waals surface area contributed by atoms with Crippen molar-refractivity contribution in [3.8, 4) is 0 Å². The second-order valence-corrected chi connectivity index (χ2v) is 7.30. The first-order valence-corrected chi connectivity index (χ1v) is 10.4. The summed E-state index contributed by atoms with van der Waals surface area (Å²) in [5, 5.41) is 17.4. The zero-order chi connectivity index (χ0) is 17.4. The van der Waals surface area contributed by atoms with Gasteiger partial charge in [-0.2, -0.15) is 0 Å². The third kappa shape index (κ3) is 32.2. The van der Waals surface area contributed by atoms with Crippen molar-refractivity contribution in [1.82, 2.24) is 0 Å². The normalized spacial score (nSPS) is 11.2. The van der Waals surface area contributed by atoms with Gasteiger partial charge in [0.1, 0.15) is 0 Å². The summed E-state index contributed by atoms with van der Waals surface area (Å²) in [5.74, 6) is 0. The summed E-state index contributed by atoms with van der Waals surface area (Å²) in [6.45, 7) is 0.0154. The number of aliphatic hydroxyl groups is 2. The van der Waals surface area contributed by atoms with Crippen molar-refractivity contribution < 1.29 is 132 Å². The molecule has 0 atom stereocenters. The van der Waals surface area contributed by atoms with E-state index < -0.39 is 14.1 Å². The van der Waals surface area contributed by atoms with Gasteiger partial charge in [-0.3, -0.25) is 0 Å². The summed E-state index contributed by atoms with van der Waals surface area (Å²) >= 11 is 0. The molecular weight excluding hydrogens is 397 g/mol. The molecular formula is C16H33K2O6P. The van der Waals surface area contributed by atoms with Crippen molar-refractivity contribution in [2.45, 2.75) is 96.2 Å². The maximum absolute atomic E-state index is 10.2. The van der Waals surface area contributed by atoms with Crippen molar-refractivity contribution >= 4 is 7.82 Å². The minimum Gasteiger partial charge on any atom is -0.790 e. The van der Waals surface area contributed by atoms with Gasteiger partial charge in [-0.25, -0.2) is 0 Å². The van der Waals surface area contributed by atoms with Gasteiger partial charge in [-0.15, -0.1) is 0 Å². The summed E-state index contributed by atoms with van der Waals surface area (Å²) in [6, 6.07) is 0. The van der Waals surface area contributed by atoms with Crippen LogP contribution in [-0.2, 0) is 9.09 Å². The van der Waals surface area contributed by atoms with Crippen molar-refractivity contribution in [3.05, 3.63) is 0 Å². The van der Waals surface area contributed by atoms with Crippen LogP contribution in [0.25, 0.3) is 0 Å². The molecule has 6 nitrogen and oxygen atoms in total. The predicted molar refractivity (Wildman–Crippen MR) is 86.4 cm³/mol. The number of phosphoric acid groups is 1. The van der Waals surface area contributed by atoms with Gasteiger partial charge in [0.2, 0.25) is 0 Å². The summed E-state index contributed by atoms with van der Waals surface area (Å²) in [7, 11) is -4.78. The third-order valence-electron chi connectivity index (χ3n) is 3.86. The molecule has 0 saturated heterocycles. The van der Waals surface area contributed by atoms with Gasteiger partial charge in [-0.05, 0) is 19.3 Å². The largest absolute Gasteiger partial charge is 1.00 e. The Hall–Kier alpha value is 3.30. The Morgan fingerprint density at radius 3 is 1.32 bits per heavy atom. The molecule has 0 unspecified atom stereocenters. The Bertz CT molecular complexity index is 302. The van der Waals surface area contributed by atoms with E-state index in [0.717, 1.165) is 32.1 Å². The Labute approximate surface area is 238 Å². The molecule has 2 N–H and O–H groups in total. The molecule has 0 fully saturated rings. The summed E-state index contributed by atoms with van der Waals surface area (Å²) in [4.78, 5) is 20.4. The standard InChI is InChI=1S/C16H35O6P.2K/c17-16(18)14-12-10-8-6-4-2-1-3-5-7-9-11-13-15-22-23(19,20)21;;/h16-18H,1-15H2,(H2,19,20,21);;/q;2*+1/p-2. The van der Waals surface area contributed by atoms with E-state index in [1.807, 2.05) is 0 Å². The molecule has 25 heavy (non-hydrogen) atoms. The van der Waals surface area contributed by atoms with E-state index in [9.17, 15) is 14.4 Å². The maximum atomic E-state index is 10.2. The average Bonchev–Trinajstić information content (AvgIpc) is 2.45. The number of hydrogen-bond acceptors (Lipinski definition) is 6. The fraction of sp³-hybridized carbons (Fsp3) is 1.00. The molecule has 0 radical (unpaired) electrons. The Kier molecular flexibility index (Phi) is 31.1. The monoisotopic (exact) mass is 430 g/mol. The first kappa shape index (κ1) is 33.0. The number of phosphoric ester groups is 1. The maximum Gasteiger partial charge on any atom is 1.00 e. The molecule has 0 aromatic heterocycles. The Morgan fingerprint density at radius 1 is 0.680 bits per heavy atom. The molecule has 0 spiro atoms. The van der Waals surface area contributed by atoms with E-state index in [4.69, 9.17) is 10.2 Å². The third-order valence-corrected chi connectivity index (χ3v) is 4.35. The van der Waals surface area contributed by atoms with Crippen LogP contribution in [0.2, 0.25) is 0 Å². The SMILES string of the molecule is O=P([O-])([O-])OCCCCCCCCCCCCCCCC(O)O.[K+].[K+]. The molecule has 0 aliphatic carbocycles. The zero-order valence-corrected chi connectivity index (χ0v) is 23.3. The van der Waals surface area contributed by atoms with Crippen LogP contribution in [0, 0.1) is 0 Å². The first-order valence-electron chi connectivity index (χ1n) is 8.94. The van der Waals surface area contributed by atoms with Crippen molar-refractivity contribution in [3.63, 3.8) is 0 Å². The van der Waals surface area contributed by atoms with E-state index in [1.54, 1.807) is 0 Å². The van der Waals surface area contributed by atoms with Crippen LogP contribution < -0.4 is 113 Å². The average molecular weight is 431 g/mol. The number of rotatable bonds is 17. The van der Waals surface area contributed by atoms with Gasteiger partial charge in [0.15, 0.2) is 6.29 Å². The van der Waals surface area contributed by atoms with Crippen LogP contribution in [0.4, 0.5) is 0 Å². The van der Waals surface area contributed by atoms with Crippen LogP contribution in [0.1, 0.15) is 89.9 Å². The Balaban J connectivity index is -0.00000242. The van der Waals surface area contributed by atoms with Gasteiger partial charge >= 0.3 is 103 Å². The molecule has 0 aliphatic rings. The fourth-order valence-electron chi connectivity index (χ4n) is 2.55. The van der Waals surface area contributed by atoms with Crippen LogP contribution >= 0.6 is 7.82 Å². The van der Waals surface area contributed by atoms with Crippen molar-refractivity contribution in [2.75, 3.05) is 6.61 Å². The molecule has 140 valence electrons. The van der Waals surface area contributed by atoms with E-state index in [-0.39, 0.29) is 109 Å². The summed E-state index contributed by atoms with van der Waals surface area (Å²) < 4.78 is 14.4. The first-order chi connectivity index (χ1) is 10.9. The summed E-state index contributed by atoms with van der Waals surface area (Å²) in [6.07, 6.45) is 13.7. The predicted octanol–water partition coefficient (Wildman–Crippen LogP) is -3.39. The quantitative estimate of drug-likeness (QED) is 0.108. The van der Waals surface area contributed by atoms with Gasteiger partial charge in [0.05, 0.1) is 14.4 Å². The van der Waals surface area contributed by atoms with Gasteiger partial charge in [-0.1, -0.05) is 70.6 Å². The fourth-order valence-corrected chi connectivity index (χ4v) is 2.90. The van der Waals surface area contributed by atoms with E-state index in [2.05, 4.69) is 4.52 Å². The van der Waals surface area contributed by atoms with E-state index in [1.165, 1.54) is 44.9 Å². The van der Waals surface area contributed by atoms with Gasteiger partial charge < -0.3 is 29.1 Å². The smallest absolute Gasteiger partial charge is 0.790 e. The van der Waals surface area contributed by atoms with Crippen LogP contribution in [-0.4, -0.2) is 23.1 Å². The van der Waals surface area contributed by atoms with Gasteiger partial charge in [0, 0.05) is 0 Å². The molecule has 0 aromatic carbocycles. The van der Waals surface area contributed by atoms with Crippen LogP contribution in [0.3, 0.4) is 0 Å². The topological polar surface area (TPSA) is 113 Å². The second kappa shape index (κ2) is 23.6. The molecule has 9 heteroatoms. The number of unbranched alkanes of at least 4 members (excludes halogenated alkanes) is 12. The van der Waals surface area contributed by atoms with E-state index >= 15 is 0 Å².